The molecule has 0 amide bonds. The number of nitrogens with zero attached hydrogens (tertiary/aromatic N) is 1. The van der Waals surface area contributed by atoms with Crippen LogP contribution in [0.2, 0.25) is 0 Å². The van der Waals surface area contributed by atoms with Gasteiger partial charge in [-0.3, -0.25) is 4.79 Å². The molecule has 172 valence electrons. The number of esters is 1. The van der Waals surface area contributed by atoms with Crippen LogP contribution in [0.15, 0.2) is 45.5 Å². The molecule has 2 aromatic carbocycles. The fourth-order valence-electron chi connectivity index (χ4n) is 3.45. The number of likely N-dealkylation sites (N-methyl/N-ethyl adjacent to an activating group) is 1. The normalized spacial score (nSPS) is 12.1. The molecular weight excluding hydrogens is 485 g/mol. The smallest absolute Gasteiger partial charge is 0.310 e. The predicted molar refractivity (Wildman–Crippen MR) is 121 cm³/mol. The number of methoxy groups -OCH3 is 1. The number of anilines is 1. The van der Waals surface area contributed by atoms with Crippen LogP contribution in [-0.4, -0.2) is 45.2 Å². The highest BCUT2D eigenvalue weighted by Crippen LogP contribution is 2.36. The molecule has 1 N–H and O–H groups in total. The summed E-state index contributed by atoms with van der Waals surface area (Å²) in [6.45, 7) is 2.06. The van der Waals surface area contributed by atoms with Crippen LogP contribution in [0.4, 0.5) is 10.1 Å². The van der Waals surface area contributed by atoms with Crippen molar-refractivity contribution in [2.24, 2.45) is 0 Å². The fraction of sp³-hybridized carbons (Fsp3) is 0.348. The second kappa shape index (κ2) is 10.8. The summed E-state index contributed by atoms with van der Waals surface area (Å²) in [7, 11) is 3.24. The van der Waals surface area contributed by atoms with E-state index in [0.29, 0.717) is 27.1 Å². The second-order valence-electron chi connectivity index (χ2n) is 7.12. The number of para-hydroxylation sites is 1. The average Bonchev–Trinajstić information content (AvgIpc) is 3.26. The number of benzene rings is 2. The second-order valence-corrected chi connectivity index (χ2v) is 7.97. The molecule has 0 saturated carbocycles. The Morgan fingerprint density at radius 1 is 1.34 bits per heavy atom. The number of aliphatic hydroxyl groups is 1. The molecule has 0 saturated heterocycles. The highest BCUT2D eigenvalue weighted by Gasteiger charge is 2.23. The number of fused-ring (bicyclic) bond motifs is 1. The van der Waals surface area contributed by atoms with E-state index in [1.54, 1.807) is 37.1 Å². The van der Waals surface area contributed by atoms with Gasteiger partial charge in [0.1, 0.15) is 11.6 Å². The Bertz CT molecular complexity index is 1090. The Morgan fingerprint density at radius 2 is 2.12 bits per heavy atom. The topological polar surface area (TPSA) is 81.4 Å². The summed E-state index contributed by atoms with van der Waals surface area (Å²) in [6, 6.07) is 8.36. The lowest BCUT2D eigenvalue weighted by Crippen LogP contribution is -2.26. The molecule has 32 heavy (non-hydrogen) atoms. The van der Waals surface area contributed by atoms with E-state index in [2.05, 4.69) is 15.9 Å². The summed E-state index contributed by atoms with van der Waals surface area (Å²) < 4.78 is 36.6. The summed E-state index contributed by atoms with van der Waals surface area (Å²) in [5, 5.41) is 11.1. The maximum atomic E-state index is 15.0. The van der Waals surface area contributed by atoms with Crippen LogP contribution >= 0.6 is 15.9 Å². The van der Waals surface area contributed by atoms with Gasteiger partial charge in [0.15, 0.2) is 12.4 Å². The van der Waals surface area contributed by atoms with Gasteiger partial charge in [0.05, 0.1) is 40.9 Å². The van der Waals surface area contributed by atoms with Crippen molar-refractivity contribution in [3.8, 4) is 5.75 Å². The van der Waals surface area contributed by atoms with E-state index in [1.165, 1.54) is 25.5 Å². The number of furan rings is 1. The minimum atomic E-state index is -1.14. The zero-order valence-electron chi connectivity index (χ0n) is 18.1. The van der Waals surface area contributed by atoms with E-state index in [-0.39, 0.29) is 43.3 Å². The van der Waals surface area contributed by atoms with Crippen molar-refractivity contribution in [2.45, 2.75) is 19.4 Å². The standard InChI is InChI=1S/C23H25BrFNO6/c1-4-30-20(28)10-14-6-5-7-18(22(14)32-13-29-3)26(2)12-19(27)16-11-17(24)23-15(21(16)25)8-9-31-23/h5-9,11,19,27H,4,10,12-13H2,1-3H3. The first-order valence-electron chi connectivity index (χ1n) is 10.0. The number of ether oxygens (including phenoxy) is 3. The molecule has 0 aliphatic carbocycles. The first-order valence-corrected chi connectivity index (χ1v) is 10.8. The fourth-order valence-corrected chi connectivity index (χ4v) is 4.00. The minimum absolute atomic E-state index is 0.0237. The van der Waals surface area contributed by atoms with Crippen molar-refractivity contribution >= 4 is 38.6 Å². The van der Waals surface area contributed by atoms with Crippen LogP contribution in [0, 0.1) is 5.82 Å². The van der Waals surface area contributed by atoms with Crippen molar-refractivity contribution in [3.63, 3.8) is 0 Å². The van der Waals surface area contributed by atoms with Crippen molar-refractivity contribution in [3.05, 3.63) is 58.0 Å². The highest BCUT2D eigenvalue weighted by atomic mass is 79.9. The first kappa shape index (κ1) is 24.0. The number of aliphatic hydroxyl groups excluding tert-OH is 1. The largest absolute Gasteiger partial charge is 0.466 e. The van der Waals surface area contributed by atoms with Gasteiger partial charge >= 0.3 is 5.97 Å². The molecule has 1 unspecified atom stereocenters. The van der Waals surface area contributed by atoms with Gasteiger partial charge in [-0.15, -0.1) is 0 Å². The molecule has 3 aromatic rings. The molecular formula is C23H25BrFNO6. The number of hydrogen-bond donors (Lipinski definition) is 1. The van der Waals surface area contributed by atoms with Gasteiger partial charge in [-0.25, -0.2) is 4.39 Å². The average molecular weight is 510 g/mol. The van der Waals surface area contributed by atoms with Crippen LogP contribution in [-0.2, 0) is 20.7 Å². The van der Waals surface area contributed by atoms with Gasteiger partial charge in [-0.1, -0.05) is 12.1 Å². The highest BCUT2D eigenvalue weighted by molar-refractivity contribution is 9.10. The third-order valence-corrected chi connectivity index (χ3v) is 5.50. The minimum Gasteiger partial charge on any atom is -0.466 e. The lowest BCUT2D eigenvalue weighted by atomic mass is 10.0. The molecule has 9 heteroatoms. The Labute approximate surface area is 193 Å². The number of rotatable bonds is 10. The Morgan fingerprint density at radius 3 is 2.84 bits per heavy atom. The summed E-state index contributed by atoms with van der Waals surface area (Å²) in [4.78, 5) is 13.8. The molecule has 0 aliphatic heterocycles. The molecule has 1 aromatic heterocycles. The van der Waals surface area contributed by atoms with E-state index in [4.69, 9.17) is 18.6 Å². The van der Waals surface area contributed by atoms with Crippen LogP contribution < -0.4 is 9.64 Å². The third kappa shape index (κ3) is 5.23. The van der Waals surface area contributed by atoms with Crippen molar-refractivity contribution in [2.75, 3.05) is 39.0 Å². The van der Waals surface area contributed by atoms with Crippen molar-refractivity contribution in [1.82, 2.24) is 0 Å². The van der Waals surface area contributed by atoms with E-state index in [9.17, 15) is 14.3 Å². The Balaban J connectivity index is 1.88. The van der Waals surface area contributed by atoms with Crippen molar-refractivity contribution < 1.29 is 32.9 Å². The zero-order chi connectivity index (χ0) is 23.3. The molecule has 7 nitrogen and oxygen atoms in total. The van der Waals surface area contributed by atoms with Gasteiger partial charge in [0, 0.05) is 31.8 Å². The number of carbonyl (C=O) groups excluding carboxylic acids is 1. The SMILES string of the molecule is CCOC(=O)Cc1cccc(N(C)CC(O)c2cc(Br)c3occc3c2F)c1OCOC. The van der Waals surface area contributed by atoms with Gasteiger partial charge in [0.25, 0.3) is 0 Å². The van der Waals surface area contributed by atoms with E-state index in [1.807, 2.05) is 0 Å². The molecule has 1 heterocycles. The Kier molecular flexibility index (Phi) is 8.11. The summed E-state index contributed by atoms with van der Waals surface area (Å²) >= 11 is 3.36. The summed E-state index contributed by atoms with van der Waals surface area (Å²) in [6.07, 6.45) is 0.282. The molecule has 0 radical (unpaired) electrons. The number of halogens is 2. The quantitative estimate of drug-likeness (QED) is 0.316. The predicted octanol–water partition coefficient (Wildman–Crippen LogP) is 4.59. The molecule has 0 bridgehead atoms. The van der Waals surface area contributed by atoms with E-state index >= 15 is 0 Å². The maximum absolute atomic E-state index is 15.0. The van der Waals surface area contributed by atoms with Gasteiger partial charge in [-0.05, 0) is 41.1 Å². The Hall–Kier alpha value is -2.62. The van der Waals surface area contributed by atoms with Crippen LogP contribution in [0.3, 0.4) is 0 Å². The number of hydrogen-bond acceptors (Lipinski definition) is 7. The van der Waals surface area contributed by atoms with Gasteiger partial charge in [-0.2, -0.15) is 0 Å². The molecule has 1 atom stereocenters. The van der Waals surface area contributed by atoms with E-state index in [0.717, 1.165) is 0 Å². The third-order valence-electron chi connectivity index (χ3n) is 4.91. The van der Waals surface area contributed by atoms with E-state index < -0.39 is 11.9 Å². The summed E-state index contributed by atoms with van der Waals surface area (Å²) in [5.41, 5.74) is 1.76. The lowest BCUT2D eigenvalue weighted by molar-refractivity contribution is -0.142. The summed E-state index contributed by atoms with van der Waals surface area (Å²) in [5.74, 6) is -0.483. The monoisotopic (exact) mass is 509 g/mol. The lowest BCUT2D eigenvalue weighted by Gasteiger charge is -2.26. The van der Waals surface area contributed by atoms with Crippen LogP contribution in [0.1, 0.15) is 24.2 Å². The molecule has 0 aliphatic rings. The molecule has 0 spiro atoms. The van der Waals surface area contributed by atoms with Gasteiger partial charge < -0.3 is 28.6 Å². The van der Waals surface area contributed by atoms with Crippen LogP contribution in [0.5, 0.6) is 5.75 Å². The molecule has 3 rings (SSSR count). The maximum Gasteiger partial charge on any atom is 0.310 e. The van der Waals surface area contributed by atoms with Crippen molar-refractivity contribution in [1.29, 1.82) is 0 Å². The number of carbonyl (C=O) groups is 1. The zero-order valence-corrected chi connectivity index (χ0v) is 19.6. The van der Waals surface area contributed by atoms with Gasteiger partial charge in [0.2, 0.25) is 0 Å². The first-order chi connectivity index (χ1) is 15.4. The molecule has 0 fully saturated rings. The van der Waals surface area contributed by atoms with Crippen LogP contribution in [0.25, 0.3) is 11.0 Å².